The van der Waals surface area contributed by atoms with Crippen LogP contribution in [0.5, 0.6) is 0 Å². The highest BCUT2D eigenvalue weighted by atomic mass is 15.2. The van der Waals surface area contributed by atoms with Crippen molar-refractivity contribution in [1.82, 2.24) is 25.1 Å². The predicted octanol–water partition coefficient (Wildman–Crippen LogP) is 3.98. The van der Waals surface area contributed by atoms with Gasteiger partial charge in [0.2, 0.25) is 0 Å². The minimum Gasteiger partial charge on any atom is -0.295 e. The zero-order chi connectivity index (χ0) is 18.0. The summed E-state index contributed by atoms with van der Waals surface area (Å²) in [6.45, 7) is 9.18. The molecule has 0 fully saturated rings. The summed E-state index contributed by atoms with van der Waals surface area (Å²) in [5.74, 6) is 0.768. The predicted molar refractivity (Wildman–Crippen MR) is 100 cm³/mol. The molecule has 2 heterocycles. The highest BCUT2D eigenvalue weighted by molar-refractivity contribution is 5.55. The summed E-state index contributed by atoms with van der Waals surface area (Å²) in [4.78, 5) is 11.4. The lowest BCUT2D eigenvalue weighted by Crippen LogP contribution is -2.23. The lowest BCUT2D eigenvalue weighted by Gasteiger charge is -2.25. The first kappa shape index (κ1) is 17.3. The van der Waals surface area contributed by atoms with Gasteiger partial charge >= 0.3 is 0 Å². The third kappa shape index (κ3) is 3.77. The minimum absolute atomic E-state index is 0.273. The Kier molecular flexibility index (Phi) is 4.95. The van der Waals surface area contributed by atoms with E-state index in [9.17, 15) is 0 Å². The number of H-pyrrole nitrogens is 1. The van der Waals surface area contributed by atoms with E-state index in [-0.39, 0.29) is 6.04 Å². The van der Waals surface area contributed by atoms with Gasteiger partial charge in [-0.15, -0.1) is 0 Å². The number of hydrogen-bond donors (Lipinski definition) is 1. The van der Waals surface area contributed by atoms with Crippen LogP contribution in [-0.2, 0) is 6.54 Å². The fourth-order valence-corrected chi connectivity index (χ4v) is 3.19. The number of aryl methyl sites for hydroxylation is 3. The number of aromatic nitrogens is 4. The van der Waals surface area contributed by atoms with Crippen LogP contribution in [-0.4, -0.2) is 32.1 Å². The van der Waals surface area contributed by atoms with Crippen LogP contribution in [0, 0.1) is 20.8 Å². The zero-order valence-corrected chi connectivity index (χ0v) is 15.5. The van der Waals surface area contributed by atoms with Crippen LogP contribution in [0.1, 0.15) is 41.0 Å². The third-order valence-electron chi connectivity index (χ3n) is 4.68. The van der Waals surface area contributed by atoms with Crippen molar-refractivity contribution in [3.8, 4) is 11.4 Å². The van der Waals surface area contributed by atoms with Gasteiger partial charge < -0.3 is 0 Å². The largest absolute Gasteiger partial charge is 0.295 e. The van der Waals surface area contributed by atoms with Crippen LogP contribution in [0.3, 0.4) is 0 Å². The van der Waals surface area contributed by atoms with E-state index < -0.39 is 0 Å². The van der Waals surface area contributed by atoms with Gasteiger partial charge in [0.05, 0.1) is 5.69 Å². The van der Waals surface area contributed by atoms with E-state index in [1.54, 1.807) is 0 Å². The van der Waals surface area contributed by atoms with Gasteiger partial charge in [-0.3, -0.25) is 10.00 Å². The van der Waals surface area contributed by atoms with Crippen LogP contribution in [0.15, 0.2) is 36.7 Å². The fourth-order valence-electron chi connectivity index (χ4n) is 3.19. The van der Waals surface area contributed by atoms with E-state index in [2.05, 4.69) is 65.0 Å². The molecule has 0 bridgehead atoms. The normalized spacial score (nSPS) is 12.6. The lowest BCUT2D eigenvalue weighted by atomic mass is 10.1. The SMILES string of the molecule is Cc1cccc(-c2ncc(CN(C)[C@H](C)c3c(C)n[nH]c3C)cn2)c1. The molecule has 0 unspecified atom stereocenters. The topological polar surface area (TPSA) is 57.7 Å². The Bertz CT molecular complexity index is 831. The van der Waals surface area contributed by atoms with E-state index in [0.29, 0.717) is 0 Å². The Labute approximate surface area is 149 Å². The Balaban J connectivity index is 1.73. The molecule has 2 aromatic heterocycles. The lowest BCUT2D eigenvalue weighted by molar-refractivity contribution is 0.251. The molecule has 3 rings (SSSR count). The molecule has 0 radical (unpaired) electrons. The van der Waals surface area contributed by atoms with Crippen molar-refractivity contribution in [2.24, 2.45) is 0 Å². The van der Waals surface area contributed by atoms with Crippen molar-refractivity contribution in [3.05, 3.63) is 64.7 Å². The summed E-state index contributed by atoms with van der Waals surface area (Å²) in [7, 11) is 2.12. The second kappa shape index (κ2) is 7.15. The molecule has 0 aliphatic carbocycles. The van der Waals surface area contributed by atoms with Gasteiger partial charge in [0.15, 0.2) is 5.82 Å². The van der Waals surface area contributed by atoms with Gasteiger partial charge in [-0.2, -0.15) is 5.10 Å². The molecule has 1 aromatic carbocycles. The summed E-state index contributed by atoms with van der Waals surface area (Å²) in [6, 6.07) is 8.53. The molecule has 0 aliphatic heterocycles. The van der Waals surface area contributed by atoms with Crippen molar-refractivity contribution >= 4 is 0 Å². The smallest absolute Gasteiger partial charge is 0.159 e. The molecule has 3 aromatic rings. The Hall–Kier alpha value is -2.53. The second-order valence-electron chi connectivity index (χ2n) is 6.72. The average Bonchev–Trinajstić information content (AvgIpc) is 2.93. The Morgan fingerprint density at radius 3 is 2.44 bits per heavy atom. The standard InChI is InChI=1S/C20H25N5/c1-13-7-6-8-18(9-13)20-21-10-17(11-22-20)12-25(5)16(4)19-14(2)23-24-15(19)3/h6-11,16H,12H2,1-5H3,(H,23,24)/t16-/m1/s1. The van der Waals surface area contributed by atoms with E-state index in [1.807, 2.05) is 31.5 Å². The summed E-state index contributed by atoms with van der Waals surface area (Å²) in [6.07, 6.45) is 3.84. The van der Waals surface area contributed by atoms with Gasteiger partial charge in [-0.05, 0) is 40.8 Å². The van der Waals surface area contributed by atoms with Crippen LogP contribution in [0.25, 0.3) is 11.4 Å². The van der Waals surface area contributed by atoms with Crippen LogP contribution >= 0.6 is 0 Å². The van der Waals surface area contributed by atoms with Crippen molar-refractivity contribution in [1.29, 1.82) is 0 Å². The second-order valence-corrected chi connectivity index (χ2v) is 6.72. The highest BCUT2D eigenvalue weighted by Crippen LogP contribution is 2.25. The van der Waals surface area contributed by atoms with Gasteiger partial charge in [0.1, 0.15) is 0 Å². The zero-order valence-electron chi connectivity index (χ0n) is 15.5. The van der Waals surface area contributed by atoms with Crippen molar-refractivity contribution in [2.45, 2.75) is 40.3 Å². The molecule has 5 nitrogen and oxygen atoms in total. The molecule has 5 heteroatoms. The number of nitrogens with one attached hydrogen (secondary N) is 1. The summed E-state index contributed by atoms with van der Waals surface area (Å²) in [5, 5.41) is 7.37. The first-order valence-electron chi connectivity index (χ1n) is 8.55. The molecule has 1 atom stereocenters. The molecule has 0 saturated carbocycles. The molecule has 25 heavy (non-hydrogen) atoms. The average molecular weight is 335 g/mol. The molecular formula is C20H25N5. The van der Waals surface area contributed by atoms with E-state index in [1.165, 1.54) is 11.1 Å². The van der Waals surface area contributed by atoms with Crippen molar-refractivity contribution < 1.29 is 0 Å². The Morgan fingerprint density at radius 1 is 1.12 bits per heavy atom. The highest BCUT2D eigenvalue weighted by Gasteiger charge is 2.18. The number of rotatable bonds is 5. The molecule has 130 valence electrons. The van der Waals surface area contributed by atoms with Crippen molar-refractivity contribution in [3.63, 3.8) is 0 Å². The first-order valence-corrected chi connectivity index (χ1v) is 8.55. The maximum Gasteiger partial charge on any atom is 0.159 e. The minimum atomic E-state index is 0.273. The molecule has 0 spiro atoms. The van der Waals surface area contributed by atoms with Gasteiger partial charge in [-0.1, -0.05) is 23.8 Å². The molecule has 0 saturated heterocycles. The quantitative estimate of drug-likeness (QED) is 0.766. The molecule has 0 amide bonds. The Morgan fingerprint density at radius 2 is 1.84 bits per heavy atom. The summed E-state index contributed by atoms with van der Waals surface area (Å²) >= 11 is 0. The van der Waals surface area contributed by atoms with Gasteiger partial charge in [-0.25, -0.2) is 9.97 Å². The third-order valence-corrected chi connectivity index (χ3v) is 4.68. The first-order chi connectivity index (χ1) is 12.0. The van der Waals surface area contributed by atoms with Crippen molar-refractivity contribution in [2.75, 3.05) is 7.05 Å². The maximum absolute atomic E-state index is 4.54. The number of benzene rings is 1. The molecular weight excluding hydrogens is 310 g/mol. The maximum atomic E-state index is 4.54. The summed E-state index contributed by atoms with van der Waals surface area (Å²) < 4.78 is 0. The van der Waals surface area contributed by atoms with E-state index in [0.717, 1.165) is 34.9 Å². The van der Waals surface area contributed by atoms with E-state index in [4.69, 9.17) is 0 Å². The van der Waals surface area contributed by atoms with Gasteiger partial charge in [0, 0.05) is 47.4 Å². The fraction of sp³-hybridized carbons (Fsp3) is 0.350. The summed E-state index contributed by atoms with van der Waals surface area (Å²) in [5.41, 5.74) is 6.82. The van der Waals surface area contributed by atoms with Crippen LogP contribution in [0.4, 0.5) is 0 Å². The molecule has 1 N–H and O–H groups in total. The number of nitrogens with zero attached hydrogens (tertiary/aromatic N) is 4. The molecule has 0 aliphatic rings. The number of hydrogen-bond acceptors (Lipinski definition) is 4. The number of aromatic amines is 1. The van der Waals surface area contributed by atoms with E-state index >= 15 is 0 Å². The van der Waals surface area contributed by atoms with Crippen LogP contribution < -0.4 is 0 Å². The van der Waals surface area contributed by atoms with Gasteiger partial charge in [0.25, 0.3) is 0 Å². The van der Waals surface area contributed by atoms with Crippen LogP contribution in [0.2, 0.25) is 0 Å². The monoisotopic (exact) mass is 335 g/mol.